The highest BCUT2D eigenvalue weighted by Crippen LogP contribution is 2.46. The Kier molecular flexibility index (Phi) is 12.7. The normalized spacial score (nSPS) is 27.5. The topological polar surface area (TPSA) is 9.72 Å². The molecule has 0 amide bonds. The molecule has 0 aromatic carbocycles. The van der Waals surface area contributed by atoms with Crippen molar-refractivity contribution in [3.8, 4) is 0 Å². The predicted molar refractivity (Wildman–Crippen MR) is 147 cm³/mol. The summed E-state index contributed by atoms with van der Waals surface area (Å²) >= 11 is 0. The lowest BCUT2D eigenvalue weighted by Gasteiger charge is -2.41. The van der Waals surface area contributed by atoms with Gasteiger partial charge in [0.05, 0.1) is 0 Å². The molecule has 0 aromatic rings. The molecule has 3 heteroatoms. The maximum atomic E-state index is 2.64. The first-order valence-electron chi connectivity index (χ1n) is 14.8. The van der Waals surface area contributed by atoms with Gasteiger partial charge in [0.2, 0.25) is 0 Å². The van der Waals surface area contributed by atoms with E-state index < -0.39 is 0 Å². The fraction of sp³-hybridized carbons (Fsp3) is 1.00. The first kappa shape index (κ1) is 29.1. The molecule has 0 bridgehead atoms. The molecule has 4 aliphatic rings. The zero-order chi connectivity index (χ0) is 24.4. The van der Waals surface area contributed by atoms with Gasteiger partial charge in [-0.05, 0) is 143 Å². The molecular weight excluding hydrogens is 402 g/mol. The summed E-state index contributed by atoms with van der Waals surface area (Å²) in [6.45, 7) is 26.5. The van der Waals surface area contributed by atoms with Crippen molar-refractivity contribution < 1.29 is 0 Å². The van der Waals surface area contributed by atoms with E-state index >= 15 is 0 Å². The maximum absolute atomic E-state index is 2.64. The number of likely N-dealkylation sites (tertiary alicyclic amines) is 3. The molecule has 0 N–H and O–H groups in total. The molecule has 0 radical (unpaired) electrons. The number of hydrogen-bond acceptors (Lipinski definition) is 3. The summed E-state index contributed by atoms with van der Waals surface area (Å²) in [5, 5.41) is 0. The van der Waals surface area contributed by atoms with Crippen LogP contribution in [0.25, 0.3) is 0 Å². The van der Waals surface area contributed by atoms with Crippen molar-refractivity contribution in [2.75, 3.05) is 39.3 Å². The summed E-state index contributed by atoms with van der Waals surface area (Å²) in [7, 11) is 0. The van der Waals surface area contributed by atoms with Crippen LogP contribution >= 0.6 is 0 Å². The van der Waals surface area contributed by atoms with Crippen LogP contribution in [-0.2, 0) is 0 Å². The van der Waals surface area contributed by atoms with Crippen LogP contribution in [0.4, 0.5) is 0 Å². The van der Waals surface area contributed by atoms with Crippen molar-refractivity contribution in [1.29, 1.82) is 0 Å². The van der Waals surface area contributed by atoms with Crippen molar-refractivity contribution in [3.05, 3.63) is 0 Å². The van der Waals surface area contributed by atoms with Crippen molar-refractivity contribution in [3.63, 3.8) is 0 Å². The van der Waals surface area contributed by atoms with E-state index in [0.717, 1.165) is 35.4 Å². The fourth-order valence-electron chi connectivity index (χ4n) is 6.38. The van der Waals surface area contributed by atoms with Crippen LogP contribution in [0.3, 0.4) is 0 Å². The quantitative estimate of drug-likeness (QED) is 0.434. The SMILES string of the molecule is CC(C)N1CCC2(CCCC2)CC1.CC1CCCN(C(C)C)C1.CC1CCN(C(C)C)CC1. The Bertz CT molecular complexity index is 491. The van der Waals surface area contributed by atoms with E-state index in [1.165, 1.54) is 103 Å². The molecule has 3 saturated heterocycles. The number of hydrogen-bond donors (Lipinski definition) is 0. The first-order chi connectivity index (χ1) is 15.6. The Morgan fingerprint density at radius 2 is 1.00 bits per heavy atom. The van der Waals surface area contributed by atoms with Crippen LogP contribution in [-0.4, -0.2) is 72.1 Å². The Morgan fingerprint density at radius 3 is 1.42 bits per heavy atom. The Hall–Kier alpha value is -0.120. The first-order valence-corrected chi connectivity index (χ1v) is 14.8. The van der Waals surface area contributed by atoms with Crippen molar-refractivity contribution >= 4 is 0 Å². The Labute approximate surface area is 209 Å². The van der Waals surface area contributed by atoms with Crippen molar-refractivity contribution in [1.82, 2.24) is 14.7 Å². The van der Waals surface area contributed by atoms with Gasteiger partial charge in [0.25, 0.3) is 0 Å². The van der Waals surface area contributed by atoms with E-state index in [9.17, 15) is 0 Å². The van der Waals surface area contributed by atoms with Crippen LogP contribution in [0, 0.1) is 17.3 Å². The lowest BCUT2D eigenvalue weighted by Crippen LogP contribution is -2.42. The third kappa shape index (κ3) is 10.2. The van der Waals surface area contributed by atoms with Gasteiger partial charge in [-0.1, -0.05) is 26.7 Å². The maximum Gasteiger partial charge on any atom is 0.00387 e. The van der Waals surface area contributed by atoms with Crippen LogP contribution in [0.15, 0.2) is 0 Å². The second kappa shape index (κ2) is 14.4. The van der Waals surface area contributed by atoms with Crippen LogP contribution < -0.4 is 0 Å². The zero-order valence-electron chi connectivity index (χ0n) is 24.0. The van der Waals surface area contributed by atoms with Gasteiger partial charge in [-0.2, -0.15) is 0 Å². The second-order valence-electron chi connectivity index (χ2n) is 13.0. The minimum Gasteiger partial charge on any atom is -0.301 e. The van der Waals surface area contributed by atoms with Crippen molar-refractivity contribution in [2.24, 2.45) is 17.3 Å². The molecule has 33 heavy (non-hydrogen) atoms. The van der Waals surface area contributed by atoms with E-state index in [2.05, 4.69) is 70.1 Å². The van der Waals surface area contributed by atoms with Crippen LogP contribution in [0.1, 0.15) is 120 Å². The third-order valence-electron chi connectivity index (χ3n) is 9.22. The van der Waals surface area contributed by atoms with Gasteiger partial charge in [0.15, 0.2) is 0 Å². The average Bonchev–Trinajstić information content (AvgIpc) is 3.23. The summed E-state index contributed by atoms with van der Waals surface area (Å²) in [5.74, 6) is 1.89. The largest absolute Gasteiger partial charge is 0.301 e. The molecule has 4 fully saturated rings. The molecule has 3 aliphatic heterocycles. The lowest BCUT2D eigenvalue weighted by molar-refractivity contribution is 0.0871. The molecule has 1 atom stereocenters. The van der Waals surface area contributed by atoms with Crippen LogP contribution in [0.5, 0.6) is 0 Å². The number of nitrogens with zero attached hydrogens (tertiary/aromatic N) is 3. The molecular formula is C30H61N3. The molecule has 1 spiro atoms. The second-order valence-corrected chi connectivity index (χ2v) is 13.0. The highest BCUT2D eigenvalue weighted by atomic mass is 15.2. The van der Waals surface area contributed by atoms with Gasteiger partial charge in [-0.25, -0.2) is 0 Å². The van der Waals surface area contributed by atoms with Gasteiger partial charge in [0.1, 0.15) is 0 Å². The minimum absolute atomic E-state index is 0.753. The highest BCUT2D eigenvalue weighted by Gasteiger charge is 2.37. The van der Waals surface area contributed by atoms with E-state index in [0.29, 0.717) is 0 Å². The summed E-state index contributed by atoms with van der Waals surface area (Å²) in [6, 6.07) is 2.27. The monoisotopic (exact) mass is 463 g/mol. The highest BCUT2D eigenvalue weighted by molar-refractivity contribution is 4.90. The van der Waals surface area contributed by atoms with Gasteiger partial charge in [-0.15, -0.1) is 0 Å². The average molecular weight is 464 g/mol. The van der Waals surface area contributed by atoms with E-state index in [4.69, 9.17) is 0 Å². The smallest absolute Gasteiger partial charge is 0.00387 e. The van der Waals surface area contributed by atoms with Gasteiger partial charge in [-0.3, -0.25) is 0 Å². The standard InChI is InChI=1S/C12H23N.2C9H19N/c1-11(2)13-9-7-12(8-10-13)5-3-4-6-12;1-8(2)10-6-4-9(3)5-7-10;1-8(2)10-6-4-5-9(3)7-10/h11H,3-10H2,1-2H3;2*8-9H,4-7H2,1-3H3. The fourth-order valence-corrected chi connectivity index (χ4v) is 6.38. The summed E-state index contributed by atoms with van der Waals surface area (Å²) < 4.78 is 0. The number of rotatable bonds is 3. The van der Waals surface area contributed by atoms with Gasteiger partial charge in [0, 0.05) is 24.7 Å². The van der Waals surface area contributed by atoms with E-state index in [-0.39, 0.29) is 0 Å². The molecule has 1 unspecified atom stereocenters. The molecule has 0 aromatic heterocycles. The minimum atomic E-state index is 0.753. The van der Waals surface area contributed by atoms with Crippen molar-refractivity contribution in [2.45, 2.75) is 138 Å². The predicted octanol–water partition coefficient (Wildman–Crippen LogP) is 7.30. The molecule has 3 heterocycles. The summed E-state index contributed by atoms with van der Waals surface area (Å²) in [6.07, 6.45) is 14.6. The van der Waals surface area contributed by atoms with Gasteiger partial charge >= 0.3 is 0 Å². The molecule has 1 saturated carbocycles. The molecule has 4 rings (SSSR count). The summed E-state index contributed by atoms with van der Waals surface area (Å²) in [4.78, 5) is 7.79. The lowest BCUT2D eigenvalue weighted by atomic mass is 9.77. The van der Waals surface area contributed by atoms with Gasteiger partial charge < -0.3 is 14.7 Å². The van der Waals surface area contributed by atoms with E-state index in [1.807, 2.05) is 0 Å². The summed E-state index contributed by atoms with van der Waals surface area (Å²) in [5.41, 5.74) is 0.797. The molecule has 3 nitrogen and oxygen atoms in total. The Balaban J connectivity index is 0.000000178. The zero-order valence-corrected chi connectivity index (χ0v) is 24.0. The van der Waals surface area contributed by atoms with Crippen LogP contribution in [0.2, 0.25) is 0 Å². The third-order valence-corrected chi connectivity index (χ3v) is 9.22. The Morgan fingerprint density at radius 1 is 0.515 bits per heavy atom. The number of piperidine rings is 3. The van der Waals surface area contributed by atoms with E-state index in [1.54, 1.807) is 0 Å². The molecule has 196 valence electrons. The molecule has 1 aliphatic carbocycles.